The van der Waals surface area contributed by atoms with E-state index in [-0.39, 0.29) is 17.3 Å². The van der Waals surface area contributed by atoms with E-state index >= 15 is 0 Å². The summed E-state index contributed by atoms with van der Waals surface area (Å²) in [4.78, 5) is 24.9. The van der Waals surface area contributed by atoms with Gasteiger partial charge in [-0.15, -0.1) is 0 Å². The molecule has 2 aromatic carbocycles. The lowest BCUT2D eigenvalue weighted by Crippen LogP contribution is -2.29. The minimum atomic E-state index is -0.781. The first-order chi connectivity index (χ1) is 14.4. The van der Waals surface area contributed by atoms with Crippen LogP contribution in [0.2, 0.25) is 0 Å². The largest absolute Gasteiger partial charge is 0.479 e. The van der Waals surface area contributed by atoms with Crippen molar-refractivity contribution in [3.05, 3.63) is 64.5 Å². The van der Waals surface area contributed by atoms with Crippen LogP contribution < -0.4 is 14.9 Å². The molecule has 0 spiro atoms. The summed E-state index contributed by atoms with van der Waals surface area (Å²) in [7, 11) is 0. The van der Waals surface area contributed by atoms with E-state index in [4.69, 9.17) is 18.6 Å². The van der Waals surface area contributed by atoms with E-state index in [1.807, 2.05) is 45.0 Å². The number of fused-ring (bicyclic) bond motifs is 1. The van der Waals surface area contributed by atoms with Gasteiger partial charge in [-0.1, -0.05) is 32.0 Å². The molecule has 3 rings (SSSR count). The van der Waals surface area contributed by atoms with E-state index in [1.165, 1.54) is 6.26 Å². The Morgan fingerprint density at radius 3 is 2.57 bits per heavy atom. The van der Waals surface area contributed by atoms with Crippen molar-refractivity contribution in [3.63, 3.8) is 0 Å². The van der Waals surface area contributed by atoms with Crippen LogP contribution in [0.4, 0.5) is 0 Å². The van der Waals surface area contributed by atoms with Gasteiger partial charge in [0.15, 0.2) is 6.10 Å². The number of esters is 1. The fourth-order valence-electron chi connectivity index (χ4n) is 2.88. The van der Waals surface area contributed by atoms with Gasteiger partial charge in [-0.3, -0.25) is 4.79 Å². The molecule has 0 saturated heterocycles. The zero-order valence-corrected chi connectivity index (χ0v) is 17.6. The quantitative estimate of drug-likeness (QED) is 0.472. The highest BCUT2D eigenvalue weighted by Gasteiger charge is 2.19. The molecule has 6 heteroatoms. The number of carbonyl (C=O) groups excluding carboxylic acids is 1. The number of rotatable bonds is 8. The second kappa shape index (κ2) is 9.48. The zero-order valence-electron chi connectivity index (χ0n) is 17.6. The Kier molecular flexibility index (Phi) is 6.77. The maximum Gasteiger partial charge on any atom is 0.347 e. The first kappa shape index (κ1) is 21.4. The molecule has 0 aliphatic rings. The Hall–Kier alpha value is -3.28. The third-order valence-corrected chi connectivity index (χ3v) is 4.82. The van der Waals surface area contributed by atoms with Gasteiger partial charge >= 0.3 is 5.97 Å². The molecule has 0 bridgehead atoms. The fraction of sp³-hybridized carbons (Fsp3) is 0.333. The number of aryl methyl sites for hydroxylation is 1. The van der Waals surface area contributed by atoms with Crippen LogP contribution in [0.5, 0.6) is 17.2 Å². The molecule has 30 heavy (non-hydrogen) atoms. The molecule has 6 nitrogen and oxygen atoms in total. The number of hydrogen-bond donors (Lipinski definition) is 0. The molecule has 0 radical (unpaired) electrons. The zero-order chi connectivity index (χ0) is 21.7. The van der Waals surface area contributed by atoms with Crippen molar-refractivity contribution in [2.75, 3.05) is 0 Å². The van der Waals surface area contributed by atoms with Crippen LogP contribution in [0, 0.1) is 0 Å². The highest BCUT2D eigenvalue weighted by atomic mass is 16.6. The van der Waals surface area contributed by atoms with Crippen LogP contribution in [-0.4, -0.2) is 18.2 Å². The maximum atomic E-state index is 12.8. The molecular formula is C24H26O6. The Labute approximate surface area is 175 Å². The summed E-state index contributed by atoms with van der Waals surface area (Å²) in [5, 5.41) is 0.365. The number of carbonyl (C=O) groups is 1. The van der Waals surface area contributed by atoms with Crippen molar-refractivity contribution < 1.29 is 23.4 Å². The molecular weight excluding hydrogens is 384 g/mol. The van der Waals surface area contributed by atoms with E-state index < -0.39 is 12.1 Å². The Morgan fingerprint density at radius 2 is 1.83 bits per heavy atom. The van der Waals surface area contributed by atoms with Gasteiger partial charge in [0, 0.05) is 6.07 Å². The Balaban J connectivity index is 1.81. The summed E-state index contributed by atoms with van der Waals surface area (Å²) in [6.45, 7) is 7.40. The minimum Gasteiger partial charge on any atom is -0.479 e. The van der Waals surface area contributed by atoms with Gasteiger partial charge in [-0.25, -0.2) is 4.79 Å². The van der Waals surface area contributed by atoms with Crippen LogP contribution in [0.15, 0.2) is 57.9 Å². The summed E-state index contributed by atoms with van der Waals surface area (Å²) in [5.74, 6) is 0.705. The molecule has 0 fully saturated rings. The lowest BCUT2D eigenvalue weighted by atomic mass is 10.1. The Morgan fingerprint density at radius 1 is 1.07 bits per heavy atom. The molecule has 2 atom stereocenters. The summed E-state index contributed by atoms with van der Waals surface area (Å²) in [6, 6.07) is 12.4. The predicted octanol–water partition coefficient (Wildman–Crippen LogP) is 5.26. The summed E-state index contributed by atoms with van der Waals surface area (Å²) >= 11 is 0. The molecule has 0 N–H and O–H groups in total. The Bertz CT molecular complexity index is 1080. The van der Waals surface area contributed by atoms with Gasteiger partial charge in [0.2, 0.25) is 11.2 Å². The third kappa shape index (κ3) is 4.82. The molecule has 0 saturated carbocycles. The first-order valence-electron chi connectivity index (χ1n) is 10.1. The number of hydrogen-bond acceptors (Lipinski definition) is 6. The molecule has 0 aliphatic carbocycles. The van der Waals surface area contributed by atoms with E-state index in [1.54, 1.807) is 25.1 Å². The summed E-state index contributed by atoms with van der Waals surface area (Å²) in [6.07, 6.45) is 1.85. The van der Waals surface area contributed by atoms with Gasteiger partial charge in [-0.05, 0) is 50.5 Å². The topological polar surface area (TPSA) is 75.0 Å². The molecule has 1 aromatic heterocycles. The molecule has 1 heterocycles. The number of ether oxygens (including phenoxy) is 3. The van der Waals surface area contributed by atoms with Crippen LogP contribution in [-0.2, 0) is 16.0 Å². The molecule has 0 amide bonds. The van der Waals surface area contributed by atoms with Crippen LogP contribution >= 0.6 is 0 Å². The lowest BCUT2D eigenvalue weighted by Gasteiger charge is -2.17. The van der Waals surface area contributed by atoms with Gasteiger partial charge in [0.1, 0.15) is 23.3 Å². The van der Waals surface area contributed by atoms with Gasteiger partial charge < -0.3 is 18.6 Å². The maximum absolute atomic E-state index is 12.8. The first-order valence-corrected chi connectivity index (χ1v) is 10.1. The smallest absolute Gasteiger partial charge is 0.347 e. The van der Waals surface area contributed by atoms with Crippen molar-refractivity contribution in [2.45, 2.75) is 52.7 Å². The van der Waals surface area contributed by atoms with Crippen LogP contribution in [0.25, 0.3) is 11.0 Å². The van der Waals surface area contributed by atoms with E-state index in [0.29, 0.717) is 22.5 Å². The standard InChI is InChI=1S/C24H26O6/c1-5-15(3)28-24(26)16(4)29-18-11-12-19-21(13-18)27-14-22(23(19)25)30-20-10-8-7-9-17(20)6-2/h7-16H,5-6H2,1-4H3/t15-,16+/m0/s1. The summed E-state index contributed by atoms with van der Waals surface area (Å²) in [5.41, 5.74) is 1.06. The normalized spacial score (nSPS) is 12.9. The third-order valence-electron chi connectivity index (χ3n) is 4.82. The fourth-order valence-corrected chi connectivity index (χ4v) is 2.88. The molecule has 0 unspecified atom stereocenters. The van der Waals surface area contributed by atoms with Crippen molar-refractivity contribution in [3.8, 4) is 17.2 Å². The van der Waals surface area contributed by atoms with Gasteiger partial charge in [0.05, 0.1) is 11.5 Å². The van der Waals surface area contributed by atoms with Crippen LogP contribution in [0.1, 0.15) is 39.7 Å². The van der Waals surface area contributed by atoms with Gasteiger partial charge in [0.25, 0.3) is 0 Å². The average Bonchev–Trinajstić information content (AvgIpc) is 2.75. The molecule has 3 aromatic rings. The van der Waals surface area contributed by atoms with Crippen molar-refractivity contribution in [2.24, 2.45) is 0 Å². The highest BCUT2D eigenvalue weighted by molar-refractivity contribution is 5.79. The van der Waals surface area contributed by atoms with Gasteiger partial charge in [-0.2, -0.15) is 0 Å². The monoisotopic (exact) mass is 410 g/mol. The summed E-state index contributed by atoms with van der Waals surface area (Å²) < 4.78 is 22.4. The molecule has 158 valence electrons. The second-order valence-corrected chi connectivity index (χ2v) is 7.07. The second-order valence-electron chi connectivity index (χ2n) is 7.07. The van der Waals surface area contributed by atoms with Crippen molar-refractivity contribution in [1.29, 1.82) is 0 Å². The number of benzene rings is 2. The average molecular weight is 410 g/mol. The number of para-hydroxylation sites is 1. The lowest BCUT2D eigenvalue weighted by molar-refractivity contribution is -0.155. The van der Waals surface area contributed by atoms with E-state index in [9.17, 15) is 9.59 Å². The van der Waals surface area contributed by atoms with Crippen molar-refractivity contribution in [1.82, 2.24) is 0 Å². The van der Waals surface area contributed by atoms with Crippen LogP contribution in [0.3, 0.4) is 0 Å². The SMILES string of the molecule is CCc1ccccc1Oc1coc2cc(O[C@H](C)C(=O)O[C@@H](C)CC)ccc2c1=O. The molecule has 0 aliphatic heterocycles. The van der Waals surface area contributed by atoms with E-state index in [2.05, 4.69) is 0 Å². The minimum absolute atomic E-state index is 0.113. The van der Waals surface area contributed by atoms with E-state index in [0.717, 1.165) is 18.4 Å². The highest BCUT2D eigenvalue weighted by Crippen LogP contribution is 2.27. The van der Waals surface area contributed by atoms with Crippen molar-refractivity contribution >= 4 is 16.9 Å². The predicted molar refractivity (Wildman–Crippen MR) is 114 cm³/mol.